The molecule has 0 aliphatic carbocycles. The van der Waals surface area contributed by atoms with Crippen molar-refractivity contribution in [3.05, 3.63) is 71.5 Å². The standard InChI is InChI=1S/C21H24N2O/c1-4-19-14-20(5-2)23(22-19)15-16-6-8-17(9-7-16)18-10-12-21(24-3)13-11-18/h6-14H,4-5,15H2,1-3H3. The van der Waals surface area contributed by atoms with Gasteiger partial charge in [0.2, 0.25) is 0 Å². The van der Waals surface area contributed by atoms with Gasteiger partial charge in [-0.25, -0.2) is 0 Å². The molecule has 0 fully saturated rings. The Balaban J connectivity index is 1.78. The van der Waals surface area contributed by atoms with Crippen molar-refractivity contribution in [2.24, 2.45) is 0 Å². The van der Waals surface area contributed by atoms with E-state index in [0.717, 1.165) is 25.1 Å². The van der Waals surface area contributed by atoms with E-state index in [2.05, 4.69) is 61.0 Å². The normalized spacial score (nSPS) is 10.8. The lowest BCUT2D eigenvalue weighted by atomic mass is 10.0. The van der Waals surface area contributed by atoms with Crippen LogP contribution in [-0.4, -0.2) is 16.9 Å². The quantitative estimate of drug-likeness (QED) is 0.656. The minimum absolute atomic E-state index is 0.825. The number of methoxy groups -OCH3 is 1. The number of hydrogen-bond acceptors (Lipinski definition) is 2. The maximum absolute atomic E-state index is 5.21. The third-order valence-electron chi connectivity index (χ3n) is 4.35. The Morgan fingerprint density at radius 3 is 2.04 bits per heavy atom. The SMILES string of the molecule is CCc1cc(CC)n(Cc2ccc(-c3ccc(OC)cc3)cc2)n1. The molecule has 0 aliphatic heterocycles. The second-order valence-corrected chi connectivity index (χ2v) is 5.92. The van der Waals surface area contributed by atoms with Gasteiger partial charge in [0.1, 0.15) is 5.75 Å². The van der Waals surface area contributed by atoms with Crippen LogP contribution >= 0.6 is 0 Å². The molecule has 124 valence electrons. The van der Waals surface area contributed by atoms with E-state index in [-0.39, 0.29) is 0 Å². The first-order valence-corrected chi connectivity index (χ1v) is 8.52. The summed E-state index contributed by atoms with van der Waals surface area (Å²) in [5.74, 6) is 0.882. The van der Waals surface area contributed by atoms with Crippen LogP contribution in [0, 0.1) is 0 Å². The van der Waals surface area contributed by atoms with Crippen LogP contribution in [0.3, 0.4) is 0 Å². The highest BCUT2D eigenvalue weighted by Gasteiger charge is 2.06. The lowest BCUT2D eigenvalue weighted by Crippen LogP contribution is -2.05. The summed E-state index contributed by atoms with van der Waals surface area (Å²) in [5, 5.41) is 4.70. The van der Waals surface area contributed by atoms with Gasteiger partial charge in [0.05, 0.1) is 19.3 Å². The van der Waals surface area contributed by atoms with Crippen LogP contribution in [0.15, 0.2) is 54.6 Å². The second-order valence-electron chi connectivity index (χ2n) is 5.92. The van der Waals surface area contributed by atoms with Gasteiger partial charge >= 0.3 is 0 Å². The summed E-state index contributed by atoms with van der Waals surface area (Å²) >= 11 is 0. The number of nitrogens with zero attached hydrogens (tertiary/aromatic N) is 2. The monoisotopic (exact) mass is 320 g/mol. The lowest BCUT2D eigenvalue weighted by molar-refractivity contribution is 0.415. The van der Waals surface area contributed by atoms with E-state index in [1.54, 1.807) is 7.11 Å². The van der Waals surface area contributed by atoms with Gasteiger partial charge in [-0.3, -0.25) is 4.68 Å². The molecule has 0 spiro atoms. The Bertz CT molecular complexity index is 786. The largest absolute Gasteiger partial charge is 0.497 e. The van der Waals surface area contributed by atoms with E-state index in [0.29, 0.717) is 0 Å². The van der Waals surface area contributed by atoms with E-state index in [1.807, 2.05) is 12.1 Å². The van der Waals surface area contributed by atoms with Crippen molar-refractivity contribution in [1.29, 1.82) is 0 Å². The number of aryl methyl sites for hydroxylation is 2. The highest BCUT2D eigenvalue weighted by atomic mass is 16.5. The van der Waals surface area contributed by atoms with Gasteiger partial charge in [-0.1, -0.05) is 50.2 Å². The summed E-state index contributed by atoms with van der Waals surface area (Å²) in [7, 11) is 1.69. The molecule has 2 aromatic carbocycles. The summed E-state index contributed by atoms with van der Waals surface area (Å²) in [6, 6.07) is 19.1. The fourth-order valence-electron chi connectivity index (χ4n) is 2.87. The Labute approximate surface area is 143 Å². The zero-order valence-electron chi connectivity index (χ0n) is 14.6. The predicted octanol–water partition coefficient (Wildman–Crippen LogP) is 4.73. The molecule has 0 saturated carbocycles. The Morgan fingerprint density at radius 1 is 0.875 bits per heavy atom. The first-order chi connectivity index (χ1) is 11.7. The molecule has 0 bridgehead atoms. The molecule has 0 radical (unpaired) electrons. The van der Waals surface area contributed by atoms with Gasteiger partial charge in [-0.05, 0) is 47.7 Å². The number of ether oxygens (including phenoxy) is 1. The molecule has 3 aromatic rings. The van der Waals surface area contributed by atoms with Crippen molar-refractivity contribution >= 4 is 0 Å². The minimum atomic E-state index is 0.825. The molecule has 0 saturated heterocycles. The van der Waals surface area contributed by atoms with E-state index in [4.69, 9.17) is 9.84 Å². The molecule has 3 heteroatoms. The van der Waals surface area contributed by atoms with Gasteiger partial charge in [-0.15, -0.1) is 0 Å². The third-order valence-corrected chi connectivity index (χ3v) is 4.35. The van der Waals surface area contributed by atoms with Gasteiger partial charge in [0, 0.05) is 5.69 Å². The van der Waals surface area contributed by atoms with Crippen molar-refractivity contribution < 1.29 is 4.74 Å². The van der Waals surface area contributed by atoms with Crippen LogP contribution in [0.1, 0.15) is 30.8 Å². The van der Waals surface area contributed by atoms with Gasteiger partial charge in [0.15, 0.2) is 0 Å². The summed E-state index contributed by atoms with van der Waals surface area (Å²) < 4.78 is 7.34. The summed E-state index contributed by atoms with van der Waals surface area (Å²) in [6.07, 6.45) is 1.99. The second kappa shape index (κ2) is 7.35. The number of rotatable bonds is 6. The maximum Gasteiger partial charge on any atom is 0.118 e. The van der Waals surface area contributed by atoms with Gasteiger partial charge in [-0.2, -0.15) is 5.10 Å². The first kappa shape index (κ1) is 16.3. The van der Waals surface area contributed by atoms with Crippen molar-refractivity contribution in [3.8, 4) is 16.9 Å². The fourth-order valence-corrected chi connectivity index (χ4v) is 2.87. The molecule has 24 heavy (non-hydrogen) atoms. The molecule has 0 N–H and O–H groups in total. The van der Waals surface area contributed by atoms with E-state index in [1.165, 1.54) is 28.1 Å². The number of benzene rings is 2. The topological polar surface area (TPSA) is 27.1 Å². The number of aromatic nitrogens is 2. The van der Waals surface area contributed by atoms with Crippen molar-refractivity contribution in [3.63, 3.8) is 0 Å². The van der Waals surface area contributed by atoms with E-state index >= 15 is 0 Å². The molecule has 3 nitrogen and oxygen atoms in total. The smallest absolute Gasteiger partial charge is 0.118 e. The van der Waals surface area contributed by atoms with Crippen LogP contribution in [0.5, 0.6) is 5.75 Å². The highest BCUT2D eigenvalue weighted by molar-refractivity contribution is 5.64. The Kier molecular flexibility index (Phi) is 4.99. The summed E-state index contributed by atoms with van der Waals surface area (Å²) in [6.45, 7) is 5.15. The van der Waals surface area contributed by atoms with Crippen LogP contribution in [0.4, 0.5) is 0 Å². The van der Waals surface area contributed by atoms with Gasteiger partial charge < -0.3 is 4.74 Å². The van der Waals surface area contributed by atoms with Crippen molar-refractivity contribution in [2.45, 2.75) is 33.2 Å². The average molecular weight is 320 g/mol. The third kappa shape index (κ3) is 3.51. The molecular weight excluding hydrogens is 296 g/mol. The zero-order chi connectivity index (χ0) is 16.9. The summed E-state index contributed by atoms with van der Waals surface area (Å²) in [5.41, 5.74) is 6.15. The molecule has 1 aromatic heterocycles. The van der Waals surface area contributed by atoms with Crippen LogP contribution < -0.4 is 4.74 Å². The van der Waals surface area contributed by atoms with Crippen molar-refractivity contribution in [1.82, 2.24) is 9.78 Å². The zero-order valence-corrected chi connectivity index (χ0v) is 14.6. The molecule has 1 heterocycles. The van der Waals surface area contributed by atoms with E-state index < -0.39 is 0 Å². The molecule has 0 atom stereocenters. The predicted molar refractivity (Wildman–Crippen MR) is 98.5 cm³/mol. The fraction of sp³-hybridized carbons (Fsp3) is 0.286. The van der Waals surface area contributed by atoms with Crippen LogP contribution in [-0.2, 0) is 19.4 Å². The Morgan fingerprint density at radius 2 is 1.50 bits per heavy atom. The van der Waals surface area contributed by atoms with Crippen molar-refractivity contribution in [2.75, 3.05) is 7.11 Å². The molecule has 0 amide bonds. The Hall–Kier alpha value is -2.55. The van der Waals surface area contributed by atoms with E-state index in [9.17, 15) is 0 Å². The van der Waals surface area contributed by atoms with Crippen LogP contribution in [0.25, 0.3) is 11.1 Å². The molecule has 0 unspecified atom stereocenters. The number of hydrogen-bond donors (Lipinski definition) is 0. The molecule has 0 aliphatic rings. The maximum atomic E-state index is 5.21. The first-order valence-electron chi connectivity index (χ1n) is 8.52. The molecular formula is C21H24N2O. The highest BCUT2D eigenvalue weighted by Crippen LogP contribution is 2.23. The minimum Gasteiger partial charge on any atom is -0.497 e. The lowest BCUT2D eigenvalue weighted by Gasteiger charge is -2.08. The summed E-state index contributed by atoms with van der Waals surface area (Å²) in [4.78, 5) is 0. The molecule has 3 rings (SSSR count). The average Bonchev–Trinajstić information content (AvgIpc) is 3.04. The van der Waals surface area contributed by atoms with Crippen LogP contribution in [0.2, 0.25) is 0 Å². The van der Waals surface area contributed by atoms with Gasteiger partial charge in [0.25, 0.3) is 0 Å².